The Morgan fingerprint density at radius 3 is 2.71 bits per heavy atom. The zero-order valence-electron chi connectivity index (χ0n) is 18.7. The van der Waals surface area contributed by atoms with Crippen LogP contribution in [0.4, 0.5) is 5.82 Å². The maximum atomic E-state index is 5.59. The molecule has 7 heteroatoms. The van der Waals surface area contributed by atoms with Gasteiger partial charge in [-0.3, -0.25) is 0 Å². The molecule has 2 N–H and O–H groups in total. The number of nitrogens with zero attached hydrogens (tertiary/aromatic N) is 4. The van der Waals surface area contributed by atoms with Crippen molar-refractivity contribution in [1.29, 1.82) is 0 Å². The van der Waals surface area contributed by atoms with Crippen molar-refractivity contribution in [3.05, 3.63) is 53.2 Å². The molecule has 31 heavy (non-hydrogen) atoms. The molecule has 0 radical (unpaired) electrons. The first kappa shape index (κ1) is 21.4. The molecule has 0 unspecified atom stereocenters. The fourth-order valence-corrected chi connectivity index (χ4v) is 3.97. The number of fused-ring (bicyclic) bond motifs is 1. The number of rotatable bonds is 7. The minimum Gasteiger partial charge on any atom is -0.493 e. The van der Waals surface area contributed by atoms with Crippen LogP contribution in [0.25, 0.3) is 0 Å². The Morgan fingerprint density at radius 2 is 1.94 bits per heavy atom. The predicted molar refractivity (Wildman–Crippen MR) is 126 cm³/mol. The van der Waals surface area contributed by atoms with Crippen LogP contribution < -0.4 is 20.3 Å². The van der Waals surface area contributed by atoms with Crippen LogP contribution in [0.3, 0.4) is 0 Å². The van der Waals surface area contributed by atoms with Crippen molar-refractivity contribution in [2.75, 3.05) is 57.8 Å². The number of benzene rings is 1. The number of aromatic nitrogens is 1. The monoisotopic (exact) mass is 422 g/mol. The van der Waals surface area contributed by atoms with Crippen LogP contribution in [0.1, 0.15) is 23.6 Å². The van der Waals surface area contributed by atoms with Crippen LogP contribution in [-0.2, 0) is 19.4 Å². The molecule has 166 valence electrons. The molecule has 4 rings (SSSR count). The first-order chi connectivity index (χ1) is 15.2. The summed E-state index contributed by atoms with van der Waals surface area (Å²) in [6, 6.07) is 10.8. The average Bonchev–Trinajstić information content (AvgIpc) is 3.26. The van der Waals surface area contributed by atoms with E-state index in [1.54, 1.807) is 0 Å². The van der Waals surface area contributed by atoms with E-state index in [0.29, 0.717) is 6.54 Å². The number of guanidine groups is 1. The van der Waals surface area contributed by atoms with Gasteiger partial charge in [0.25, 0.3) is 0 Å². The predicted octanol–water partition coefficient (Wildman–Crippen LogP) is 2.07. The van der Waals surface area contributed by atoms with E-state index >= 15 is 0 Å². The van der Waals surface area contributed by atoms with E-state index in [-0.39, 0.29) is 0 Å². The Balaban J connectivity index is 1.28. The second-order valence-electron chi connectivity index (χ2n) is 8.23. The second-order valence-corrected chi connectivity index (χ2v) is 8.23. The summed E-state index contributed by atoms with van der Waals surface area (Å²) in [6.45, 7) is 9.43. The van der Waals surface area contributed by atoms with Gasteiger partial charge in [-0.25, -0.2) is 9.98 Å². The van der Waals surface area contributed by atoms with Crippen molar-refractivity contribution < 1.29 is 4.74 Å². The highest BCUT2D eigenvalue weighted by Crippen LogP contribution is 2.25. The molecule has 0 amide bonds. The smallest absolute Gasteiger partial charge is 0.191 e. The second kappa shape index (κ2) is 10.5. The van der Waals surface area contributed by atoms with E-state index in [4.69, 9.17) is 9.73 Å². The van der Waals surface area contributed by atoms with Crippen LogP contribution in [0.2, 0.25) is 0 Å². The largest absolute Gasteiger partial charge is 0.493 e. The lowest BCUT2D eigenvalue weighted by Crippen LogP contribution is -2.44. The van der Waals surface area contributed by atoms with Crippen LogP contribution in [-0.4, -0.2) is 68.8 Å². The lowest BCUT2D eigenvalue weighted by Gasteiger charge is -2.33. The molecule has 2 aliphatic rings. The van der Waals surface area contributed by atoms with Gasteiger partial charge < -0.3 is 25.2 Å². The number of hydrogen-bond donors (Lipinski definition) is 2. The van der Waals surface area contributed by atoms with Crippen molar-refractivity contribution in [2.45, 2.75) is 26.3 Å². The third kappa shape index (κ3) is 5.88. The molecule has 1 fully saturated rings. The SMILES string of the molecule is CCNC(=NCc1ccc(N2CCN(C)CC2)nc1)NCCc1ccc2c(c1)CCO2. The number of pyridine rings is 1. The van der Waals surface area contributed by atoms with Gasteiger partial charge in [0.2, 0.25) is 0 Å². The van der Waals surface area contributed by atoms with Crippen molar-refractivity contribution in [1.82, 2.24) is 20.5 Å². The average molecular weight is 423 g/mol. The third-order valence-electron chi connectivity index (χ3n) is 5.86. The number of anilines is 1. The minimum absolute atomic E-state index is 0.613. The molecule has 0 bridgehead atoms. The summed E-state index contributed by atoms with van der Waals surface area (Å²) in [6.07, 6.45) is 3.93. The number of piperazine rings is 1. The number of aliphatic imine (C=N–C) groups is 1. The van der Waals surface area contributed by atoms with Gasteiger partial charge in [0.05, 0.1) is 13.2 Å². The maximum Gasteiger partial charge on any atom is 0.191 e. The van der Waals surface area contributed by atoms with E-state index in [2.05, 4.69) is 69.7 Å². The fourth-order valence-electron chi connectivity index (χ4n) is 3.97. The lowest BCUT2D eigenvalue weighted by atomic mass is 10.1. The summed E-state index contributed by atoms with van der Waals surface area (Å²) in [4.78, 5) is 14.1. The summed E-state index contributed by atoms with van der Waals surface area (Å²) >= 11 is 0. The van der Waals surface area contributed by atoms with Gasteiger partial charge in [0.15, 0.2) is 5.96 Å². The molecule has 7 nitrogen and oxygen atoms in total. The van der Waals surface area contributed by atoms with Crippen molar-refractivity contribution in [2.24, 2.45) is 4.99 Å². The lowest BCUT2D eigenvalue weighted by molar-refractivity contribution is 0.312. The zero-order valence-corrected chi connectivity index (χ0v) is 18.7. The molecule has 0 atom stereocenters. The molecule has 2 aliphatic heterocycles. The van der Waals surface area contributed by atoms with Crippen molar-refractivity contribution in [3.63, 3.8) is 0 Å². The Kier molecular flexibility index (Phi) is 7.25. The maximum absolute atomic E-state index is 5.59. The van der Waals surface area contributed by atoms with Gasteiger partial charge in [-0.05, 0) is 49.2 Å². The quantitative estimate of drug-likeness (QED) is 0.526. The highest BCUT2D eigenvalue weighted by Gasteiger charge is 2.15. The van der Waals surface area contributed by atoms with Gasteiger partial charge in [0.1, 0.15) is 11.6 Å². The van der Waals surface area contributed by atoms with Gasteiger partial charge in [0, 0.05) is 51.9 Å². The van der Waals surface area contributed by atoms with Gasteiger partial charge in [-0.15, -0.1) is 0 Å². The fraction of sp³-hybridized carbons (Fsp3) is 0.500. The number of ether oxygens (including phenoxy) is 1. The van der Waals surface area contributed by atoms with Crippen molar-refractivity contribution in [3.8, 4) is 5.75 Å². The summed E-state index contributed by atoms with van der Waals surface area (Å²) in [5, 5.41) is 6.78. The van der Waals surface area contributed by atoms with E-state index in [9.17, 15) is 0 Å². The first-order valence-electron chi connectivity index (χ1n) is 11.4. The highest BCUT2D eigenvalue weighted by atomic mass is 16.5. The van der Waals surface area contributed by atoms with E-state index in [0.717, 1.165) is 81.8 Å². The normalized spacial score (nSPS) is 16.7. The first-order valence-corrected chi connectivity index (χ1v) is 11.4. The topological polar surface area (TPSA) is 65.0 Å². The molecule has 2 aromatic rings. The standard InChI is InChI=1S/C24H34N6O/c1-3-25-24(26-10-8-19-4-6-22-21(16-19)9-15-31-22)28-18-20-5-7-23(27-17-20)30-13-11-29(2)12-14-30/h4-7,16-17H,3,8-15,18H2,1-2H3,(H2,25,26,28). The molecule has 0 spiro atoms. The third-order valence-corrected chi connectivity index (χ3v) is 5.86. The highest BCUT2D eigenvalue weighted by molar-refractivity contribution is 5.79. The van der Waals surface area contributed by atoms with Gasteiger partial charge >= 0.3 is 0 Å². The van der Waals surface area contributed by atoms with E-state index in [1.165, 1.54) is 11.1 Å². The van der Waals surface area contributed by atoms with Crippen LogP contribution >= 0.6 is 0 Å². The van der Waals surface area contributed by atoms with Crippen LogP contribution in [0.15, 0.2) is 41.5 Å². The van der Waals surface area contributed by atoms with E-state index in [1.807, 2.05) is 6.20 Å². The molecule has 1 saturated heterocycles. The molecular formula is C24H34N6O. The summed E-state index contributed by atoms with van der Waals surface area (Å²) in [7, 11) is 2.17. The van der Waals surface area contributed by atoms with Gasteiger partial charge in [-0.2, -0.15) is 0 Å². The molecular weight excluding hydrogens is 388 g/mol. The minimum atomic E-state index is 0.613. The number of nitrogens with one attached hydrogen (secondary N) is 2. The van der Waals surface area contributed by atoms with Crippen LogP contribution in [0, 0.1) is 0 Å². The van der Waals surface area contributed by atoms with E-state index < -0.39 is 0 Å². The molecule has 3 heterocycles. The Hall–Kier alpha value is -2.80. The number of hydrogen-bond acceptors (Lipinski definition) is 5. The van der Waals surface area contributed by atoms with Crippen molar-refractivity contribution >= 4 is 11.8 Å². The summed E-state index contributed by atoms with van der Waals surface area (Å²) in [5.41, 5.74) is 3.77. The van der Waals surface area contributed by atoms with Crippen LogP contribution in [0.5, 0.6) is 5.75 Å². The summed E-state index contributed by atoms with van der Waals surface area (Å²) in [5.74, 6) is 2.94. The zero-order chi connectivity index (χ0) is 21.5. The molecule has 0 aliphatic carbocycles. The molecule has 1 aromatic heterocycles. The Morgan fingerprint density at radius 1 is 1.10 bits per heavy atom. The molecule has 1 aromatic carbocycles. The number of likely N-dealkylation sites (N-methyl/N-ethyl adjacent to an activating group) is 1. The summed E-state index contributed by atoms with van der Waals surface area (Å²) < 4.78 is 5.59. The Labute approximate surface area is 185 Å². The van der Waals surface area contributed by atoms with Gasteiger partial charge in [-0.1, -0.05) is 18.2 Å². The Bertz CT molecular complexity index is 874. The molecule has 0 saturated carbocycles.